The van der Waals surface area contributed by atoms with E-state index in [0.717, 1.165) is 12.0 Å². The topological polar surface area (TPSA) is 51.0 Å². The predicted octanol–water partition coefficient (Wildman–Crippen LogP) is 3.29. The highest BCUT2D eigenvalue weighted by atomic mass is 19.1. The number of hydrogen-bond donors (Lipinski definition) is 1. The molecular formula is C15H20FN3O. The summed E-state index contributed by atoms with van der Waals surface area (Å²) in [5.41, 5.74) is 1.59. The standard InChI is InChI=1S/C15H20FN3O/c1-5-13(17-4)10(3)15-18-14(19-20-15)12-8-11(16)7-6-9(12)2/h6-8,10,13,17H,5H2,1-4H3. The summed E-state index contributed by atoms with van der Waals surface area (Å²) in [4.78, 5) is 4.41. The first-order valence-corrected chi connectivity index (χ1v) is 6.84. The number of hydrogen-bond acceptors (Lipinski definition) is 4. The van der Waals surface area contributed by atoms with E-state index in [-0.39, 0.29) is 17.8 Å². The molecular weight excluding hydrogens is 257 g/mol. The van der Waals surface area contributed by atoms with Crippen LogP contribution in [0.4, 0.5) is 4.39 Å². The van der Waals surface area contributed by atoms with Crippen LogP contribution >= 0.6 is 0 Å². The average Bonchev–Trinajstić information content (AvgIpc) is 2.92. The minimum absolute atomic E-state index is 0.111. The first kappa shape index (κ1) is 14.7. The van der Waals surface area contributed by atoms with Crippen LogP contribution in [0, 0.1) is 12.7 Å². The molecule has 0 spiro atoms. The zero-order valence-electron chi connectivity index (χ0n) is 12.3. The number of likely N-dealkylation sites (N-methyl/N-ethyl adjacent to an activating group) is 1. The van der Waals surface area contributed by atoms with Crippen LogP contribution in [-0.2, 0) is 0 Å². The first-order valence-electron chi connectivity index (χ1n) is 6.84. The van der Waals surface area contributed by atoms with Crippen molar-refractivity contribution in [3.63, 3.8) is 0 Å². The molecule has 5 heteroatoms. The quantitative estimate of drug-likeness (QED) is 0.911. The summed E-state index contributed by atoms with van der Waals surface area (Å²) in [6, 6.07) is 4.85. The summed E-state index contributed by atoms with van der Waals surface area (Å²) in [7, 11) is 1.92. The highest BCUT2D eigenvalue weighted by Crippen LogP contribution is 2.25. The van der Waals surface area contributed by atoms with E-state index >= 15 is 0 Å². The third-order valence-electron chi connectivity index (χ3n) is 3.69. The molecule has 0 amide bonds. The van der Waals surface area contributed by atoms with Gasteiger partial charge in [0.05, 0.1) is 5.92 Å². The van der Waals surface area contributed by atoms with E-state index in [0.29, 0.717) is 17.3 Å². The molecule has 0 saturated heterocycles. The molecule has 2 rings (SSSR count). The number of nitrogens with one attached hydrogen (secondary N) is 1. The molecule has 1 aromatic carbocycles. The van der Waals surface area contributed by atoms with Crippen molar-refractivity contribution >= 4 is 0 Å². The molecule has 4 nitrogen and oxygen atoms in total. The molecule has 0 saturated carbocycles. The molecule has 1 aromatic heterocycles. The third-order valence-corrected chi connectivity index (χ3v) is 3.69. The zero-order chi connectivity index (χ0) is 14.7. The normalized spacial score (nSPS) is 14.2. The van der Waals surface area contributed by atoms with Crippen molar-refractivity contribution in [3.05, 3.63) is 35.5 Å². The van der Waals surface area contributed by atoms with Crippen molar-refractivity contribution in [2.24, 2.45) is 0 Å². The molecule has 0 aliphatic carbocycles. The highest BCUT2D eigenvalue weighted by molar-refractivity contribution is 5.59. The Balaban J connectivity index is 2.31. The van der Waals surface area contributed by atoms with E-state index in [2.05, 4.69) is 22.4 Å². The number of aromatic nitrogens is 2. The van der Waals surface area contributed by atoms with Crippen LogP contribution in [0.5, 0.6) is 0 Å². The number of aryl methyl sites for hydroxylation is 1. The fraction of sp³-hybridized carbons (Fsp3) is 0.467. The van der Waals surface area contributed by atoms with Crippen molar-refractivity contribution in [2.75, 3.05) is 7.05 Å². The van der Waals surface area contributed by atoms with E-state index in [4.69, 9.17) is 4.52 Å². The Morgan fingerprint density at radius 3 is 2.80 bits per heavy atom. The van der Waals surface area contributed by atoms with Crippen LogP contribution in [0.15, 0.2) is 22.7 Å². The summed E-state index contributed by atoms with van der Waals surface area (Å²) in [6.45, 7) is 6.04. The lowest BCUT2D eigenvalue weighted by atomic mass is 10.00. The number of rotatable bonds is 5. The molecule has 0 radical (unpaired) electrons. The maximum Gasteiger partial charge on any atom is 0.231 e. The molecule has 20 heavy (non-hydrogen) atoms. The molecule has 108 valence electrons. The van der Waals surface area contributed by atoms with Crippen LogP contribution in [0.1, 0.15) is 37.6 Å². The van der Waals surface area contributed by atoms with Crippen molar-refractivity contribution in [1.82, 2.24) is 15.5 Å². The van der Waals surface area contributed by atoms with Crippen molar-refractivity contribution < 1.29 is 8.91 Å². The van der Waals surface area contributed by atoms with E-state index in [9.17, 15) is 4.39 Å². The number of benzene rings is 1. The summed E-state index contributed by atoms with van der Waals surface area (Å²) >= 11 is 0. The molecule has 2 atom stereocenters. The van der Waals surface area contributed by atoms with Gasteiger partial charge in [-0.1, -0.05) is 25.1 Å². The van der Waals surface area contributed by atoms with Crippen LogP contribution in [-0.4, -0.2) is 23.2 Å². The van der Waals surface area contributed by atoms with Gasteiger partial charge in [0.15, 0.2) is 0 Å². The Hall–Kier alpha value is -1.75. The smallest absolute Gasteiger partial charge is 0.231 e. The molecule has 2 aromatic rings. The van der Waals surface area contributed by atoms with Gasteiger partial charge in [0.25, 0.3) is 0 Å². The Bertz CT molecular complexity index is 578. The minimum atomic E-state index is -0.299. The van der Waals surface area contributed by atoms with Gasteiger partial charge in [-0.3, -0.25) is 0 Å². The molecule has 1 heterocycles. The lowest BCUT2D eigenvalue weighted by Crippen LogP contribution is -2.30. The van der Waals surface area contributed by atoms with Gasteiger partial charge in [-0.2, -0.15) is 4.98 Å². The summed E-state index contributed by atoms with van der Waals surface area (Å²) in [5, 5.41) is 7.21. The summed E-state index contributed by atoms with van der Waals surface area (Å²) in [6.07, 6.45) is 0.967. The van der Waals surface area contributed by atoms with Gasteiger partial charge in [0, 0.05) is 11.6 Å². The number of halogens is 1. The second-order valence-electron chi connectivity index (χ2n) is 5.01. The Kier molecular flexibility index (Phi) is 4.49. The van der Waals surface area contributed by atoms with Gasteiger partial charge < -0.3 is 9.84 Å². The van der Waals surface area contributed by atoms with Gasteiger partial charge in [-0.15, -0.1) is 0 Å². The second-order valence-corrected chi connectivity index (χ2v) is 5.01. The second kappa shape index (κ2) is 6.13. The lowest BCUT2D eigenvalue weighted by Gasteiger charge is -2.18. The average molecular weight is 277 g/mol. The van der Waals surface area contributed by atoms with Gasteiger partial charge in [0.1, 0.15) is 5.82 Å². The van der Waals surface area contributed by atoms with Crippen molar-refractivity contribution in [2.45, 2.75) is 39.2 Å². The van der Waals surface area contributed by atoms with Crippen LogP contribution in [0.3, 0.4) is 0 Å². The largest absolute Gasteiger partial charge is 0.339 e. The maximum atomic E-state index is 13.3. The summed E-state index contributed by atoms with van der Waals surface area (Å²) in [5.74, 6) is 0.825. The Morgan fingerprint density at radius 1 is 1.40 bits per heavy atom. The highest BCUT2D eigenvalue weighted by Gasteiger charge is 2.22. The van der Waals surface area contributed by atoms with Gasteiger partial charge >= 0.3 is 0 Å². The summed E-state index contributed by atoms with van der Waals surface area (Å²) < 4.78 is 18.7. The van der Waals surface area contributed by atoms with Crippen molar-refractivity contribution in [1.29, 1.82) is 0 Å². The zero-order valence-corrected chi connectivity index (χ0v) is 12.3. The minimum Gasteiger partial charge on any atom is -0.339 e. The first-order chi connectivity index (χ1) is 9.56. The molecule has 0 bridgehead atoms. The Morgan fingerprint density at radius 2 is 2.15 bits per heavy atom. The van der Waals surface area contributed by atoms with Crippen molar-refractivity contribution in [3.8, 4) is 11.4 Å². The molecule has 0 aliphatic rings. The van der Waals surface area contributed by atoms with E-state index in [1.807, 2.05) is 20.9 Å². The SMILES string of the molecule is CCC(NC)C(C)c1nc(-c2cc(F)ccc2C)no1. The van der Waals surface area contributed by atoms with Gasteiger partial charge in [0.2, 0.25) is 11.7 Å². The molecule has 0 fully saturated rings. The van der Waals surface area contributed by atoms with Crippen LogP contribution < -0.4 is 5.32 Å². The predicted molar refractivity (Wildman–Crippen MR) is 76.0 cm³/mol. The fourth-order valence-corrected chi connectivity index (χ4v) is 2.34. The van der Waals surface area contributed by atoms with E-state index < -0.39 is 0 Å². The molecule has 2 unspecified atom stereocenters. The lowest BCUT2D eigenvalue weighted by molar-refractivity contribution is 0.326. The maximum absolute atomic E-state index is 13.3. The Labute approximate surface area is 118 Å². The third kappa shape index (κ3) is 2.88. The monoisotopic (exact) mass is 277 g/mol. The van der Waals surface area contributed by atoms with Gasteiger partial charge in [-0.25, -0.2) is 4.39 Å². The molecule has 1 N–H and O–H groups in total. The van der Waals surface area contributed by atoms with Gasteiger partial charge in [-0.05, 0) is 38.1 Å². The molecule has 0 aliphatic heterocycles. The van der Waals surface area contributed by atoms with Crippen LogP contribution in [0.25, 0.3) is 11.4 Å². The van der Waals surface area contributed by atoms with E-state index in [1.165, 1.54) is 12.1 Å². The van der Waals surface area contributed by atoms with Crippen LogP contribution in [0.2, 0.25) is 0 Å². The van der Waals surface area contributed by atoms with E-state index in [1.54, 1.807) is 6.07 Å². The number of nitrogens with zero attached hydrogens (tertiary/aromatic N) is 2. The fourth-order valence-electron chi connectivity index (χ4n) is 2.34.